The maximum Gasteiger partial charge on any atom is 0.335 e. The summed E-state index contributed by atoms with van der Waals surface area (Å²) in [6, 6.07) is 14.2. The third kappa shape index (κ3) is 3.07. The summed E-state index contributed by atoms with van der Waals surface area (Å²) in [5.74, 6) is -1.04. The first kappa shape index (κ1) is 15.2. The topological polar surface area (TPSA) is 75.1 Å². The second kappa shape index (κ2) is 6.18. The fraction of sp³-hybridized carbons (Fsp3) is 0.118. The minimum Gasteiger partial charge on any atom is -0.478 e. The van der Waals surface area contributed by atoms with E-state index in [-0.39, 0.29) is 11.1 Å². The lowest BCUT2D eigenvalue weighted by Crippen LogP contribution is -2.23. The summed E-state index contributed by atoms with van der Waals surface area (Å²) in [7, 11) is 0. The molecule has 3 rings (SSSR count). The third-order valence-corrected chi connectivity index (χ3v) is 4.02. The van der Waals surface area contributed by atoms with Crippen LogP contribution in [0.25, 0.3) is 10.9 Å². The number of benzene rings is 2. The maximum atomic E-state index is 12.6. The van der Waals surface area contributed by atoms with Gasteiger partial charge in [0.1, 0.15) is 0 Å². The normalized spacial score (nSPS) is 10.8. The second-order valence-electron chi connectivity index (χ2n) is 5.19. The van der Waals surface area contributed by atoms with Crippen molar-refractivity contribution in [3.05, 3.63) is 74.8 Å². The van der Waals surface area contributed by atoms with E-state index < -0.39 is 5.97 Å². The van der Waals surface area contributed by atoms with E-state index in [4.69, 9.17) is 17.3 Å². The Morgan fingerprint density at radius 3 is 2.61 bits per heavy atom. The van der Waals surface area contributed by atoms with Crippen molar-refractivity contribution in [1.82, 2.24) is 9.55 Å². The summed E-state index contributed by atoms with van der Waals surface area (Å²) >= 11 is 5.25. The highest BCUT2D eigenvalue weighted by atomic mass is 32.1. The Morgan fingerprint density at radius 1 is 1.17 bits per heavy atom. The molecule has 2 aromatic carbocycles. The van der Waals surface area contributed by atoms with Crippen molar-refractivity contribution in [3.8, 4) is 0 Å². The number of carboxylic acids is 1. The van der Waals surface area contributed by atoms with Crippen molar-refractivity contribution in [1.29, 1.82) is 0 Å². The van der Waals surface area contributed by atoms with Crippen molar-refractivity contribution in [2.75, 3.05) is 0 Å². The number of aryl methyl sites for hydroxylation is 1. The summed E-state index contributed by atoms with van der Waals surface area (Å²) in [6.07, 6.45) is 0.691. The predicted molar refractivity (Wildman–Crippen MR) is 90.5 cm³/mol. The molecule has 2 N–H and O–H groups in total. The zero-order valence-corrected chi connectivity index (χ0v) is 13.0. The number of fused-ring (bicyclic) bond motifs is 1. The van der Waals surface area contributed by atoms with Crippen LogP contribution < -0.4 is 5.56 Å². The fourth-order valence-electron chi connectivity index (χ4n) is 2.48. The largest absolute Gasteiger partial charge is 0.478 e. The summed E-state index contributed by atoms with van der Waals surface area (Å²) in [5, 5.41) is 9.45. The average Bonchev–Trinajstić information content (AvgIpc) is 2.55. The molecule has 0 bridgehead atoms. The molecule has 0 unspecified atom stereocenters. The minimum atomic E-state index is -1.04. The van der Waals surface area contributed by atoms with Crippen LogP contribution in [0.2, 0.25) is 0 Å². The van der Waals surface area contributed by atoms with Crippen molar-refractivity contribution in [2.24, 2.45) is 0 Å². The van der Waals surface area contributed by atoms with Gasteiger partial charge in [-0.1, -0.05) is 30.3 Å². The smallest absolute Gasteiger partial charge is 0.335 e. The molecule has 1 heterocycles. The van der Waals surface area contributed by atoms with Gasteiger partial charge in [-0.25, -0.2) is 4.79 Å². The summed E-state index contributed by atoms with van der Waals surface area (Å²) in [5.41, 5.74) is 1.46. The number of carboxylic acid groups (broad SMARTS) is 1. The molecule has 3 aromatic rings. The lowest BCUT2D eigenvalue weighted by Gasteiger charge is -2.08. The molecule has 0 spiro atoms. The molecule has 5 nitrogen and oxygen atoms in total. The monoisotopic (exact) mass is 326 g/mol. The number of hydrogen-bond acceptors (Lipinski definition) is 3. The van der Waals surface area contributed by atoms with Crippen molar-refractivity contribution < 1.29 is 9.90 Å². The third-order valence-electron chi connectivity index (χ3n) is 3.70. The first-order valence-electron chi connectivity index (χ1n) is 7.10. The molecule has 0 aliphatic carbocycles. The molecule has 0 radical (unpaired) electrons. The molecule has 0 fully saturated rings. The maximum absolute atomic E-state index is 12.6. The Morgan fingerprint density at radius 2 is 1.91 bits per heavy atom. The van der Waals surface area contributed by atoms with Crippen molar-refractivity contribution in [3.63, 3.8) is 0 Å². The number of aromatic nitrogens is 2. The van der Waals surface area contributed by atoms with E-state index in [1.807, 2.05) is 30.3 Å². The Labute approximate surface area is 136 Å². The first-order chi connectivity index (χ1) is 11.1. The molecule has 0 saturated carbocycles. The molecule has 1 aromatic heterocycles. The van der Waals surface area contributed by atoms with Gasteiger partial charge in [0, 0.05) is 6.54 Å². The molecule has 0 saturated heterocycles. The Kier molecular flexibility index (Phi) is 4.08. The lowest BCUT2D eigenvalue weighted by molar-refractivity contribution is 0.0697. The van der Waals surface area contributed by atoms with Gasteiger partial charge >= 0.3 is 5.97 Å². The Balaban J connectivity index is 2.01. The lowest BCUT2D eigenvalue weighted by atomic mass is 10.1. The second-order valence-corrected chi connectivity index (χ2v) is 5.57. The molecule has 116 valence electrons. The minimum absolute atomic E-state index is 0.115. The fourth-order valence-corrected chi connectivity index (χ4v) is 2.76. The molecule has 23 heavy (non-hydrogen) atoms. The van der Waals surface area contributed by atoms with Crippen molar-refractivity contribution >= 4 is 29.1 Å². The van der Waals surface area contributed by atoms with Crippen LogP contribution in [0.3, 0.4) is 0 Å². The highest BCUT2D eigenvalue weighted by Gasteiger charge is 2.09. The number of aromatic amines is 1. The number of carbonyl (C=O) groups is 1. The van der Waals surface area contributed by atoms with Gasteiger partial charge in [-0.05, 0) is 42.4 Å². The molecular formula is C17H14N2O3S. The number of aromatic carboxylic acids is 1. The van der Waals surface area contributed by atoms with Crippen LogP contribution >= 0.6 is 12.2 Å². The van der Waals surface area contributed by atoms with Gasteiger partial charge in [0.2, 0.25) is 0 Å². The van der Waals surface area contributed by atoms with Gasteiger partial charge < -0.3 is 10.1 Å². The van der Waals surface area contributed by atoms with Crippen LogP contribution in [0.15, 0.2) is 53.3 Å². The van der Waals surface area contributed by atoms with E-state index in [2.05, 4.69) is 4.98 Å². The van der Waals surface area contributed by atoms with Crippen LogP contribution in [0.5, 0.6) is 0 Å². The first-order valence-corrected chi connectivity index (χ1v) is 7.51. The van der Waals surface area contributed by atoms with Crippen LogP contribution in [0.1, 0.15) is 15.9 Å². The van der Waals surface area contributed by atoms with E-state index in [1.165, 1.54) is 22.8 Å². The van der Waals surface area contributed by atoms with Gasteiger partial charge in [0.15, 0.2) is 4.77 Å². The Hall–Kier alpha value is -2.73. The van der Waals surface area contributed by atoms with E-state index in [0.717, 1.165) is 5.56 Å². The van der Waals surface area contributed by atoms with E-state index in [9.17, 15) is 9.59 Å². The van der Waals surface area contributed by atoms with Crippen LogP contribution in [0, 0.1) is 4.77 Å². The van der Waals surface area contributed by atoms with Gasteiger partial charge in [0.25, 0.3) is 5.56 Å². The molecule has 0 aliphatic heterocycles. The molecule has 0 atom stereocenters. The Bertz CT molecular complexity index is 990. The van der Waals surface area contributed by atoms with Gasteiger partial charge in [-0.2, -0.15) is 0 Å². The quantitative estimate of drug-likeness (QED) is 0.723. The number of rotatable bonds is 4. The van der Waals surface area contributed by atoms with Crippen LogP contribution in [-0.4, -0.2) is 20.6 Å². The molecule has 6 heteroatoms. The van der Waals surface area contributed by atoms with E-state index in [1.54, 1.807) is 0 Å². The van der Waals surface area contributed by atoms with E-state index in [0.29, 0.717) is 28.6 Å². The van der Waals surface area contributed by atoms with Crippen LogP contribution in [-0.2, 0) is 13.0 Å². The summed E-state index contributed by atoms with van der Waals surface area (Å²) < 4.78 is 1.80. The highest BCUT2D eigenvalue weighted by Crippen LogP contribution is 2.11. The number of nitrogens with zero attached hydrogens (tertiary/aromatic N) is 1. The molecule has 0 amide bonds. The summed E-state index contributed by atoms with van der Waals surface area (Å²) in [6.45, 7) is 0.467. The SMILES string of the molecule is O=C(O)c1ccc2c(=O)n(CCc3ccccc3)c(=S)[nH]c2c1. The number of H-pyrrole nitrogens is 1. The van der Waals surface area contributed by atoms with Gasteiger partial charge in [-0.15, -0.1) is 0 Å². The summed E-state index contributed by atoms with van der Waals surface area (Å²) in [4.78, 5) is 26.5. The molecule has 0 aliphatic rings. The van der Waals surface area contributed by atoms with Gasteiger partial charge in [-0.3, -0.25) is 9.36 Å². The molecular weight excluding hydrogens is 312 g/mol. The zero-order chi connectivity index (χ0) is 16.4. The van der Waals surface area contributed by atoms with Crippen molar-refractivity contribution in [2.45, 2.75) is 13.0 Å². The van der Waals surface area contributed by atoms with E-state index >= 15 is 0 Å². The highest BCUT2D eigenvalue weighted by molar-refractivity contribution is 7.71. The number of nitrogens with one attached hydrogen (secondary N) is 1. The zero-order valence-electron chi connectivity index (χ0n) is 12.2. The average molecular weight is 326 g/mol. The van der Waals surface area contributed by atoms with Gasteiger partial charge in [0.05, 0.1) is 16.5 Å². The predicted octanol–water partition coefficient (Wildman–Crippen LogP) is 3.00. The standard InChI is InChI=1S/C17H14N2O3S/c20-15-13-7-6-12(16(21)22)10-14(13)18-17(23)19(15)9-8-11-4-2-1-3-5-11/h1-7,10H,8-9H2,(H,18,23)(H,21,22). The number of hydrogen-bond donors (Lipinski definition) is 2. The van der Waals surface area contributed by atoms with Crippen LogP contribution in [0.4, 0.5) is 0 Å².